The van der Waals surface area contributed by atoms with Gasteiger partial charge in [-0.15, -0.1) is 0 Å². The number of unbranched alkanes of at least 4 members (excludes halogenated alkanes) is 1. The summed E-state index contributed by atoms with van der Waals surface area (Å²) in [5.74, 6) is -1.04. The molecule has 1 unspecified atom stereocenters. The number of nitrogens with two attached hydrogens (primary N) is 1. The number of nitrogens with zero attached hydrogens (tertiary/aromatic N) is 1. The van der Waals surface area contributed by atoms with Crippen LogP contribution in [0.3, 0.4) is 0 Å². The third kappa shape index (κ3) is 5.24. The molecule has 2 rings (SSSR count). The average Bonchev–Trinajstić information content (AvgIpc) is 2.63. The number of carbonyl (C=O) groups is 2. The molecule has 1 fully saturated rings. The van der Waals surface area contributed by atoms with Crippen molar-refractivity contribution < 1.29 is 14.7 Å². The topological polar surface area (TPSA) is 83.6 Å². The zero-order chi connectivity index (χ0) is 19.2. The maximum atomic E-state index is 12.5. The lowest BCUT2D eigenvalue weighted by Gasteiger charge is -2.40. The van der Waals surface area contributed by atoms with Crippen LogP contribution >= 0.6 is 11.6 Å². The fraction of sp³-hybridized carbons (Fsp3) is 0.579. The van der Waals surface area contributed by atoms with Crippen molar-refractivity contribution in [3.8, 4) is 0 Å². The van der Waals surface area contributed by atoms with Crippen LogP contribution in [0.5, 0.6) is 0 Å². The van der Waals surface area contributed by atoms with Crippen LogP contribution in [0.1, 0.15) is 37.7 Å². The number of likely N-dealkylation sites (tertiary alicyclic amines) is 1. The minimum Gasteiger partial charge on any atom is -0.480 e. The molecule has 0 spiro atoms. The van der Waals surface area contributed by atoms with E-state index in [9.17, 15) is 14.7 Å². The molecule has 5 nitrogen and oxygen atoms in total. The molecule has 1 saturated heterocycles. The molecule has 0 saturated carbocycles. The first-order valence-electron chi connectivity index (χ1n) is 9.11. The van der Waals surface area contributed by atoms with Crippen molar-refractivity contribution in [2.75, 3.05) is 13.1 Å². The summed E-state index contributed by atoms with van der Waals surface area (Å²) in [6.45, 7) is 1.08. The molecule has 1 heterocycles. The number of piperidine rings is 1. The molecule has 1 amide bonds. The Balaban J connectivity index is 1.91. The van der Waals surface area contributed by atoms with Gasteiger partial charge in [0.15, 0.2) is 0 Å². The lowest BCUT2D eigenvalue weighted by atomic mass is 9.75. The summed E-state index contributed by atoms with van der Waals surface area (Å²) < 4.78 is 0. The van der Waals surface area contributed by atoms with Crippen molar-refractivity contribution in [3.05, 3.63) is 34.9 Å². The Labute approximate surface area is 161 Å². The van der Waals surface area contributed by atoms with Crippen molar-refractivity contribution in [2.24, 2.45) is 11.7 Å². The molecule has 1 aliphatic rings. The first-order valence-corrected chi connectivity index (χ1v) is 9.49. The van der Waals surface area contributed by atoms with Gasteiger partial charge in [-0.1, -0.05) is 42.9 Å². The number of amides is 1. The van der Waals surface area contributed by atoms with Gasteiger partial charge in [0.2, 0.25) is 5.91 Å². The lowest BCUT2D eigenvalue weighted by Crippen LogP contribution is -2.57. The smallest absolute Gasteiger partial charge is 0.323 e. The highest BCUT2D eigenvalue weighted by Gasteiger charge is 2.43. The molecule has 140 valence electrons. The molecule has 7 heteroatoms. The fourth-order valence-corrected chi connectivity index (χ4v) is 3.71. The highest BCUT2D eigenvalue weighted by atomic mass is 35.5. The van der Waals surface area contributed by atoms with E-state index in [2.05, 4.69) is 0 Å². The number of hydrogen-bond acceptors (Lipinski definition) is 3. The molecular weight excluding hydrogens is 350 g/mol. The number of hydrogen-bond donors (Lipinski definition) is 2. The Kier molecular flexibility index (Phi) is 7.53. The summed E-state index contributed by atoms with van der Waals surface area (Å²) in [5.41, 5.74) is 5.94. The number of benzene rings is 1. The largest absolute Gasteiger partial charge is 0.480 e. The van der Waals surface area contributed by atoms with Crippen LogP contribution in [0.15, 0.2) is 24.3 Å². The third-order valence-corrected chi connectivity index (χ3v) is 5.54. The molecule has 0 aliphatic carbocycles. The van der Waals surface area contributed by atoms with E-state index in [0.717, 1.165) is 12.0 Å². The highest BCUT2D eigenvalue weighted by Crippen LogP contribution is 2.31. The van der Waals surface area contributed by atoms with Gasteiger partial charge in [-0.2, -0.15) is 0 Å². The second kappa shape index (κ2) is 9.42. The number of carboxylic acids is 1. The first-order chi connectivity index (χ1) is 12.4. The second-order valence-electron chi connectivity index (χ2n) is 7.05. The maximum absolute atomic E-state index is 12.5. The molecule has 0 aromatic heterocycles. The zero-order valence-corrected chi connectivity index (χ0v) is 15.8. The van der Waals surface area contributed by atoms with Crippen LogP contribution in [0, 0.1) is 5.92 Å². The standard InChI is InChI=1S/C19H26BClN2O3/c20-10-2-1-9-19(22,18(25)26)15-7-11-23(12-8-15)17(24)13-14-3-5-16(21)6-4-14/h3-6,15H,1-2,7-13,22H2,(H,25,26). The molecule has 3 N–H and O–H groups in total. The van der Waals surface area contributed by atoms with Crippen molar-refractivity contribution in [1.29, 1.82) is 0 Å². The quantitative estimate of drug-likeness (QED) is 0.539. The van der Waals surface area contributed by atoms with E-state index in [1.807, 2.05) is 12.1 Å². The lowest BCUT2D eigenvalue weighted by molar-refractivity contribution is -0.147. The predicted molar refractivity (Wildman–Crippen MR) is 103 cm³/mol. The second-order valence-corrected chi connectivity index (χ2v) is 7.49. The molecule has 1 atom stereocenters. The number of carbonyl (C=O) groups excluding carboxylic acids is 1. The number of rotatable bonds is 8. The van der Waals surface area contributed by atoms with E-state index >= 15 is 0 Å². The van der Waals surface area contributed by atoms with E-state index in [-0.39, 0.29) is 11.8 Å². The van der Waals surface area contributed by atoms with Gasteiger partial charge in [0.1, 0.15) is 5.54 Å². The molecule has 1 aromatic rings. The Bertz CT molecular complexity index is 618. The predicted octanol–water partition coefficient (Wildman–Crippen LogP) is 2.66. The normalized spacial score (nSPS) is 17.7. The van der Waals surface area contributed by atoms with Gasteiger partial charge in [-0.05, 0) is 42.9 Å². The fourth-order valence-electron chi connectivity index (χ4n) is 3.58. The van der Waals surface area contributed by atoms with Gasteiger partial charge in [-0.25, -0.2) is 0 Å². The molecule has 2 radical (unpaired) electrons. The first kappa shape index (κ1) is 20.8. The number of carboxylic acid groups (broad SMARTS) is 1. The van der Waals surface area contributed by atoms with Gasteiger partial charge in [0.05, 0.1) is 14.3 Å². The van der Waals surface area contributed by atoms with Crippen LogP contribution in [0.25, 0.3) is 0 Å². The zero-order valence-electron chi connectivity index (χ0n) is 15.0. The Morgan fingerprint density at radius 2 is 1.85 bits per heavy atom. The van der Waals surface area contributed by atoms with E-state index < -0.39 is 11.5 Å². The van der Waals surface area contributed by atoms with E-state index in [1.165, 1.54) is 0 Å². The summed E-state index contributed by atoms with van der Waals surface area (Å²) in [6.07, 6.45) is 3.97. The third-order valence-electron chi connectivity index (χ3n) is 5.29. The molecule has 1 aliphatic heterocycles. The summed E-state index contributed by atoms with van der Waals surface area (Å²) in [4.78, 5) is 26.0. The van der Waals surface area contributed by atoms with Gasteiger partial charge in [0.25, 0.3) is 0 Å². The van der Waals surface area contributed by atoms with Crippen LogP contribution in [0.4, 0.5) is 0 Å². The summed E-state index contributed by atoms with van der Waals surface area (Å²) in [5, 5.41) is 10.3. The summed E-state index contributed by atoms with van der Waals surface area (Å²) in [6, 6.07) is 7.24. The SMILES string of the molecule is [B]CCCCC(N)(C(=O)O)C1CCN(C(=O)Cc2ccc(Cl)cc2)CC1. The van der Waals surface area contributed by atoms with Crippen LogP contribution in [-0.4, -0.2) is 48.4 Å². The van der Waals surface area contributed by atoms with Gasteiger partial charge >= 0.3 is 5.97 Å². The molecule has 0 bridgehead atoms. The van der Waals surface area contributed by atoms with Crippen LogP contribution in [0.2, 0.25) is 11.3 Å². The Hall–Kier alpha value is -1.53. The minimum absolute atomic E-state index is 0.0480. The van der Waals surface area contributed by atoms with Crippen molar-refractivity contribution in [3.63, 3.8) is 0 Å². The van der Waals surface area contributed by atoms with Crippen LogP contribution < -0.4 is 5.73 Å². The van der Waals surface area contributed by atoms with Gasteiger partial charge in [-0.3, -0.25) is 9.59 Å². The van der Waals surface area contributed by atoms with Crippen LogP contribution in [-0.2, 0) is 16.0 Å². The Morgan fingerprint density at radius 1 is 1.23 bits per heavy atom. The number of halogens is 1. The van der Waals surface area contributed by atoms with E-state index in [1.54, 1.807) is 17.0 Å². The maximum Gasteiger partial charge on any atom is 0.323 e. The van der Waals surface area contributed by atoms with Gasteiger partial charge in [0, 0.05) is 18.1 Å². The van der Waals surface area contributed by atoms with Gasteiger partial charge < -0.3 is 15.7 Å². The Morgan fingerprint density at radius 3 is 2.38 bits per heavy atom. The van der Waals surface area contributed by atoms with E-state index in [4.69, 9.17) is 25.2 Å². The van der Waals surface area contributed by atoms with Crippen molar-refractivity contribution in [2.45, 2.75) is 50.4 Å². The summed E-state index contributed by atoms with van der Waals surface area (Å²) in [7, 11) is 5.50. The van der Waals surface area contributed by atoms with Crippen molar-refractivity contribution >= 4 is 31.3 Å². The summed E-state index contributed by atoms with van der Waals surface area (Å²) >= 11 is 5.86. The monoisotopic (exact) mass is 376 g/mol. The molecular formula is C19H26BClN2O3. The number of aliphatic carboxylic acids is 1. The molecule has 26 heavy (non-hydrogen) atoms. The molecule has 1 aromatic carbocycles. The minimum atomic E-state index is -1.24. The van der Waals surface area contributed by atoms with Crippen molar-refractivity contribution in [1.82, 2.24) is 4.90 Å². The average molecular weight is 377 g/mol. The highest BCUT2D eigenvalue weighted by molar-refractivity contribution is 6.30. The van der Waals surface area contributed by atoms with E-state index in [0.29, 0.717) is 56.5 Å².